The van der Waals surface area contributed by atoms with Gasteiger partial charge in [-0.05, 0) is 55.8 Å². The van der Waals surface area contributed by atoms with Gasteiger partial charge in [0.05, 0.1) is 23.5 Å². The summed E-state index contributed by atoms with van der Waals surface area (Å²) < 4.78 is 26.0. The number of piperazine rings is 1. The molecule has 35 heavy (non-hydrogen) atoms. The molecule has 5 rings (SSSR count). The molecule has 3 aromatic rings. The quantitative estimate of drug-likeness (QED) is 0.502. The lowest BCUT2D eigenvalue weighted by atomic mass is 10.1. The highest BCUT2D eigenvalue weighted by molar-refractivity contribution is 7.93. The van der Waals surface area contributed by atoms with Gasteiger partial charge in [0.1, 0.15) is 0 Å². The first-order valence-corrected chi connectivity index (χ1v) is 13.3. The molecule has 0 aliphatic carbocycles. The van der Waals surface area contributed by atoms with Crippen LogP contribution >= 0.6 is 0 Å². The van der Waals surface area contributed by atoms with E-state index in [-0.39, 0.29) is 24.0 Å². The third kappa shape index (κ3) is 4.87. The van der Waals surface area contributed by atoms with Gasteiger partial charge in [0.25, 0.3) is 0 Å². The predicted molar refractivity (Wildman–Crippen MR) is 136 cm³/mol. The highest BCUT2D eigenvalue weighted by Crippen LogP contribution is 2.30. The summed E-state index contributed by atoms with van der Waals surface area (Å²) in [6.45, 7) is 5.30. The monoisotopic (exact) mass is 496 g/mol. The Morgan fingerprint density at radius 3 is 2.37 bits per heavy atom. The van der Waals surface area contributed by atoms with Crippen molar-refractivity contribution in [2.75, 3.05) is 59.5 Å². The van der Waals surface area contributed by atoms with Crippen molar-refractivity contribution >= 4 is 49.8 Å². The van der Waals surface area contributed by atoms with Gasteiger partial charge in [-0.2, -0.15) is 5.10 Å². The predicted octanol–water partition coefficient (Wildman–Crippen LogP) is 2.07. The minimum absolute atomic E-state index is 0.0503. The van der Waals surface area contributed by atoms with Crippen LogP contribution in [0, 0.1) is 0 Å². The smallest absolute Gasteiger partial charge is 0.239 e. The number of amides is 1. The normalized spacial score (nSPS) is 18.2. The second-order valence-corrected chi connectivity index (χ2v) is 11.0. The number of aromatic amines is 1. The molecule has 2 saturated heterocycles. The fourth-order valence-corrected chi connectivity index (χ4v) is 6.18. The Morgan fingerprint density at radius 2 is 1.71 bits per heavy atom. The first kappa shape index (κ1) is 23.3. The van der Waals surface area contributed by atoms with Crippen LogP contribution < -0.4 is 14.5 Å². The molecule has 11 heteroatoms. The highest BCUT2D eigenvalue weighted by atomic mass is 32.2. The van der Waals surface area contributed by atoms with Gasteiger partial charge in [-0.1, -0.05) is 0 Å². The van der Waals surface area contributed by atoms with E-state index < -0.39 is 10.0 Å². The molecule has 0 saturated carbocycles. The molecule has 10 nitrogen and oxygen atoms in total. The lowest BCUT2D eigenvalue weighted by molar-refractivity contribution is -0.117. The van der Waals surface area contributed by atoms with E-state index in [0.717, 1.165) is 37.4 Å². The average molecular weight is 497 g/mol. The van der Waals surface area contributed by atoms with E-state index in [4.69, 9.17) is 0 Å². The number of carbonyl (C=O) groups is 2. The van der Waals surface area contributed by atoms with Crippen LogP contribution in [0.5, 0.6) is 0 Å². The number of fused-ring (bicyclic) bond motifs is 1. The standard InChI is InChI=1S/C24H28N6O4S/c1-17(31)18-3-5-19(6-4-18)29-12-10-28(11-13-29)16-23(32)25-24-21-15-20(7-8-22(21)26-27-24)30-9-2-14-35(30,33)34/h3-8,15H,2,9-14,16H2,1H3,(H2,25,26,27,32). The highest BCUT2D eigenvalue weighted by Gasteiger charge is 2.29. The zero-order valence-electron chi connectivity index (χ0n) is 19.5. The zero-order chi connectivity index (χ0) is 24.6. The number of rotatable bonds is 6. The Morgan fingerprint density at radius 1 is 1.00 bits per heavy atom. The Hall–Kier alpha value is -3.44. The summed E-state index contributed by atoms with van der Waals surface area (Å²) in [6, 6.07) is 12.9. The number of sulfonamides is 1. The van der Waals surface area contributed by atoms with E-state index in [9.17, 15) is 18.0 Å². The molecule has 0 radical (unpaired) electrons. The van der Waals surface area contributed by atoms with Gasteiger partial charge in [0.15, 0.2) is 11.6 Å². The molecule has 2 aromatic carbocycles. The number of nitrogens with one attached hydrogen (secondary N) is 2. The summed E-state index contributed by atoms with van der Waals surface area (Å²) >= 11 is 0. The van der Waals surface area contributed by atoms with Crippen molar-refractivity contribution in [1.29, 1.82) is 0 Å². The molecule has 0 spiro atoms. The lowest BCUT2D eigenvalue weighted by Crippen LogP contribution is -2.48. The summed E-state index contributed by atoms with van der Waals surface area (Å²) in [5, 5.41) is 10.7. The van der Waals surface area contributed by atoms with Gasteiger partial charge in [-0.3, -0.25) is 23.9 Å². The van der Waals surface area contributed by atoms with E-state index >= 15 is 0 Å². The van der Waals surface area contributed by atoms with Gasteiger partial charge in [-0.25, -0.2) is 8.42 Å². The molecule has 0 unspecified atom stereocenters. The van der Waals surface area contributed by atoms with Crippen molar-refractivity contribution < 1.29 is 18.0 Å². The van der Waals surface area contributed by atoms with Crippen LogP contribution in [0.15, 0.2) is 42.5 Å². The fraction of sp³-hybridized carbons (Fsp3) is 0.375. The second kappa shape index (κ2) is 9.31. The number of H-pyrrole nitrogens is 1. The van der Waals surface area contributed by atoms with Gasteiger partial charge < -0.3 is 10.2 Å². The van der Waals surface area contributed by atoms with E-state index in [1.54, 1.807) is 25.1 Å². The summed E-state index contributed by atoms with van der Waals surface area (Å²) in [5.74, 6) is 0.427. The zero-order valence-corrected chi connectivity index (χ0v) is 20.3. The van der Waals surface area contributed by atoms with E-state index in [1.807, 2.05) is 24.3 Å². The number of nitrogens with zero attached hydrogens (tertiary/aromatic N) is 4. The SMILES string of the molecule is CC(=O)c1ccc(N2CCN(CC(=O)Nc3n[nH]c4ccc(N5CCCS5(=O)=O)cc34)CC2)cc1. The van der Waals surface area contributed by atoms with Crippen molar-refractivity contribution in [2.45, 2.75) is 13.3 Å². The second-order valence-electron chi connectivity index (χ2n) is 8.96. The number of benzene rings is 2. The number of carbonyl (C=O) groups excluding carboxylic acids is 2. The molecule has 3 heterocycles. The van der Waals surface area contributed by atoms with E-state index in [0.29, 0.717) is 35.4 Å². The molecule has 0 atom stereocenters. The number of Topliss-reactive ketones (excluding diaryl/α,β-unsaturated/α-hetero) is 1. The number of aromatic nitrogens is 2. The van der Waals surface area contributed by atoms with E-state index in [1.165, 1.54) is 4.31 Å². The van der Waals surface area contributed by atoms with Gasteiger partial charge in [-0.15, -0.1) is 0 Å². The Balaban J connectivity index is 1.19. The van der Waals surface area contributed by atoms with Crippen molar-refractivity contribution in [3.8, 4) is 0 Å². The molecule has 1 aromatic heterocycles. The van der Waals surface area contributed by atoms with Crippen LogP contribution in [-0.4, -0.2) is 80.2 Å². The molecule has 2 fully saturated rings. The lowest BCUT2D eigenvalue weighted by Gasteiger charge is -2.35. The fourth-order valence-electron chi connectivity index (χ4n) is 4.63. The molecule has 184 valence electrons. The maximum atomic E-state index is 12.8. The first-order valence-electron chi connectivity index (χ1n) is 11.7. The van der Waals surface area contributed by atoms with Gasteiger partial charge in [0.2, 0.25) is 15.9 Å². The molecule has 2 aliphatic rings. The van der Waals surface area contributed by atoms with Crippen molar-refractivity contribution in [2.24, 2.45) is 0 Å². The molecule has 0 bridgehead atoms. The van der Waals surface area contributed by atoms with E-state index in [2.05, 4.69) is 25.3 Å². The summed E-state index contributed by atoms with van der Waals surface area (Å²) in [7, 11) is -3.29. The molecular weight excluding hydrogens is 468 g/mol. The van der Waals surface area contributed by atoms with Crippen molar-refractivity contribution in [3.05, 3.63) is 48.0 Å². The molecule has 1 amide bonds. The third-order valence-corrected chi connectivity index (χ3v) is 8.44. The summed E-state index contributed by atoms with van der Waals surface area (Å²) in [6.07, 6.45) is 0.604. The van der Waals surface area contributed by atoms with Gasteiger partial charge in [0, 0.05) is 49.4 Å². The number of hydrogen-bond donors (Lipinski definition) is 2. The van der Waals surface area contributed by atoms with Gasteiger partial charge >= 0.3 is 0 Å². The number of ketones is 1. The Labute approximate surface area is 203 Å². The molecular formula is C24H28N6O4S. The van der Waals surface area contributed by atoms with Crippen LogP contribution in [0.25, 0.3) is 10.9 Å². The van der Waals surface area contributed by atoms with Crippen LogP contribution in [0.1, 0.15) is 23.7 Å². The maximum absolute atomic E-state index is 12.8. The maximum Gasteiger partial charge on any atom is 0.239 e. The minimum atomic E-state index is -3.29. The van der Waals surface area contributed by atoms with Crippen LogP contribution in [0.3, 0.4) is 0 Å². The van der Waals surface area contributed by atoms with Crippen LogP contribution in [0.4, 0.5) is 17.2 Å². The van der Waals surface area contributed by atoms with Crippen LogP contribution in [0.2, 0.25) is 0 Å². The first-order chi connectivity index (χ1) is 16.8. The Bertz CT molecular complexity index is 1360. The largest absolute Gasteiger partial charge is 0.369 e. The van der Waals surface area contributed by atoms with Crippen LogP contribution in [-0.2, 0) is 14.8 Å². The molecule has 2 N–H and O–H groups in total. The number of hydrogen-bond acceptors (Lipinski definition) is 7. The Kier molecular flexibility index (Phi) is 6.20. The third-order valence-electron chi connectivity index (χ3n) is 6.57. The number of anilines is 3. The van der Waals surface area contributed by atoms with Crippen molar-refractivity contribution in [3.63, 3.8) is 0 Å². The summed E-state index contributed by atoms with van der Waals surface area (Å²) in [4.78, 5) is 28.6. The van der Waals surface area contributed by atoms with Crippen molar-refractivity contribution in [1.82, 2.24) is 15.1 Å². The average Bonchev–Trinajstić information content (AvgIpc) is 3.41. The molecule has 2 aliphatic heterocycles. The minimum Gasteiger partial charge on any atom is -0.369 e. The topological polar surface area (TPSA) is 119 Å². The summed E-state index contributed by atoms with van der Waals surface area (Å²) in [5.41, 5.74) is 3.08.